The van der Waals surface area contributed by atoms with Crippen LogP contribution in [0.3, 0.4) is 0 Å². The predicted octanol–water partition coefficient (Wildman–Crippen LogP) is 5.35. The summed E-state index contributed by atoms with van der Waals surface area (Å²) in [7, 11) is 0. The molecule has 18 heavy (non-hydrogen) atoms. The second-order valence-electron chi connectivity index (χ2n) is 5.30. The van der Waals surface area contributed by atoms with Gasteiger partial charge in [0.05, 0.1) is 10.7 Å². The van der Waals surface area contributed by atoms with Crippen LogP contribution >= 0.6 is 34.2 Å². The zero-order valence-corrected chi connectivity index (χ0v) is 13.8. The molecule has 1 aliphatic rings. The Balaban J connectivity index is 1.94. The van der Waals surface area contributed by atoms with Gasteiger partial charge in [0.15, 0.2) is 0 Å². The summed E-state index contributed by atoms with van der Waals surface area (Å²) in [5.41, 5.74) is 2.58. The number of hydrogen-bond acceptors (Lipinski definition) is 1. The molecule has 0 bridgehead atoms. The van der Waals surface area contributed by atoms with Gasteiger partial charge in [0.2, 0.25) is 0 Å². The molecule has 1 N–H and O–H groups in total. The number of allylic oxidation sites excluding steroid dienone is 2. The van der Waals surface area contributed by atoms with Gasteiger partial charge in [-0.1, -0.05) is 30.2 Å². The molecule has 1 aliphatic carbocycles. The number of halogens is 2. The third-order valence-electron chi connectivity index (χ3n) is 3.40. The lowest BCUT2D eigenvalue weighted by Gasteiger charge is -2.26. The molecule has 0 saturated heterocycles. The minimum atomic E-state index is 0.706. The molecule has 3 heteroatoms. The normalized spacial score (nSPS) is 23.7. The van der Waals surface area contributed by atoms with Crippen LogP contribution in [0.15, 0.2) is 29.8 Å². The van der Waals surface area contributed by atoms with Crippen LogP contribution in [-0.2, 0) is 0 Å². The maximum atomic E-state index is 6.23. The number of benzene rings is 1. The van der Waals surface area contributed by atoms with Crippen LogP contribution in [0, 0.1) is 15.4 Å². The summed E-state index contributed by atoms with van der Waals surface area (Å²) in [5, 5.41) is 4.31. The number of anilines is 1. The molecular formula is C15H19ClIN. The van der Waals surface area contributed by atoms with Gasteiger partial charge in [0.25, 0.3) is 0 Å². The molecule has 0 saturated carbocycles. The third-order valence-corrected chi connectivity index (χ3v) is 4.38. The van der Waals surface area contributed by atoms with Crippen molar-refractivity contribution in [2.45, 2.75) is 26.7 Å². The molecule has 0 heterocycles. The van der Waals surface area contributed by atoms with E-state index in [0.717, 1.165) is 23.2 Å². The lowest BCUT2D eigenvalue weighted by atomic mass is 9.84. The van der Waals surface area contributed by atoms with Gasteiger partial charge in [0, 0.05) is 10.1 Å². The summed E-state index contributed by atoms with van der Waals surface area (Å²) >= 11 is 8.51. The Hall–Kier alpha value is -0.220. The highest BCUT2D eigenvalue weighted by Gasteiger charge is 2.17. The number of hydrogen-bond donors (Lipinski definition) is 1. The van der Waals surface area contributed by atoms with E-state index in [4.69, 9.17) is 11.6 Å². The zero-order chi connectivity index (χ0) is 13.1. The molecule has 1 aromatic carbocycles. The smallest absolute Gasteiger partial charge is 0.0648 e. The Kier molecular flexibility index (Phi) is 4.96. The molecule has 2 atom stereocenters. The van der Waals surface area contributed by atoms with Crippen molar-refractivity contribution in [2.75, 3.05) is 11.9 Å². The lowest BCUT2D eigenvalue weighted by Crippen LogP contribution is -2.20. The van der Waals surface area contributed by atoms with Crippen LogP contribution in [0.1, 0.15) is 26.7 Å². The van der Waals surface area contributed by atoms with E-state index in [1.54, 1.807) is 0 Å². The van der Waals surface area contributed by atoms with E-state index < -0.39 is 0 Å². The third kappa shape index (κ3) is 3.89. The maximum Gasteiger partial charge on any atom is 0.0648 e. The van der Waals surface area contributed by atoms with Crippen molar-refractivity contribution in [3.63, 3.8) is 0 Å². The molecule has 2 unspecified atom stereocenters. The van der Waals surface area contributed by atoms with Crippen LogP contribution in [0.4, 0.5) is 5.69 Å². The van der Waals surface area contributed by atoms with E-state index in [-0.39, 0.29) is 0 Å². The molecule has 0 amide bonds. The lowest BCUT2D eigenvalue weighted by molar-refractivity contribution is 0.421. The highest BCUT2D eigenvalue weighted by Crippen LogP contribution is 2.29. The number of rotatable bonds is 3. The molecule has 0 aromatic heterocycles. The summed E-state index contributed by atoms with van der Waals surface area (Å²) in [4.78, 5) is 0. The van der Waals surface area contributed by atoms with Crippen molar-refractivity contribution in [3.8, 4) is 0 Å². The summed E-state index contributed by atoms with van der Waals surface area (Å²) in [6.45, 7) is 5.55. The fourth-order valence-electron chi connectivity index (χ4n) is 2.73. The highest BCUT2D eigenvalue weighted by molar-refractivity contribution is 14.1. The molecule has 2 rings (SSSR count). The molecule has 0 fully saturated rings. The molecule has 98 valence electrons. The van der Waals surface area contributed by atoms with Crippen molar-refractivity contribution in [3.05, 3.63) is 38.4 Å². The fourth-order valence-corrected chi connectivity index (χ4v) is 3.65. The van der Waals surface area contributed by atoms with E-state index >= 15 is 0 Å². The maximum absolute atomic E-state index is 6.23. The summed E-state index contributed by atoms with van der Waals surface area (Å²) in [6.07, 6.45) is 4.88. The van der Waals surface area contributed by atoms with Crippen LogP contribution in [0.5, 0.6) is 0 Å². The fraction of sp³-hybridized carbons (Fsp3) is 0.467. The van der Waals surface area contributed by atoms with E-state index in [1.165, 1.54) is 22.0 Å². The predicted molar refractivity (Wildman–Crippen MR) is 88.3 cm³/mol. The molecule has 0 radical (unpaired) electrons. The van der Waals surface area contributed by atoms with Crippen molar-refractivity contribution in [2.24, 2.45) is 11.8 Å². The first kappa shape index (κ1) is 14.2. The Morgan fingerprint density at radius 3 is 2.89 bits per heavy atom. The van der Waals surface area contributed by atoms with Crippen molar-refractivity contribution < 1.29 is 0 Å². The average molecular weight is 376 g/mol. The minimum absolute atomic E-state index is 0.706. The summed E-state index contributed by atoms with van der Waals surface area (Å²) in [6, 6.07) is 6.15. The van der Waals surface area contributed by atoms with Crippen LogP contribution in [0.25, 0.3) is 0 Å². The molecule has 1 aromatic rings. The topological polar surface area (TPSA) is 12.0 Å². The van der Waals surface area contributed by atoms with Crippen LogP contribution < -0.4 is 5.32 Å². The first-order chi connectivity index (χ1) is 8.54. The van der Waals surface area contributed by atoms with Gasteiger partial charge in [-0.2, -0.15) is 0 Å². The van der Waals surface area contributed by atoms with Gasteiger partial charge in [-0.25, -0.2) is 0 Å². The van der Waals surface area contributed by atoms with Crippen molar-refractivity contribution in [1.82, 2.24) is 0 Å². The Bertz CT molecular complexity index is 456. The van der Waals surface area contributed by atoms with E-state index in [9.17, 15) is 0 Å². The van der Waals surface area contributed by atoms with Crippen LogP contribution in [0.2, 0.25) is 5.02 Å². The SMILES string of the molecule is CC1=CC(C)CC(CNc2ccc(I)cc2Cl)C1. The van der Waals surface area contributed by atoms with Gasteiger partial charge >= 0.3 is 0 Å². The van der Waals surface area contributed by atoms with E-state index in [0.29, 0.717) is 5.92 Å². The zero-order valence-electron chi connectivity index (χ0n) is 10.8. The average Bonchev–Trinajstić information content (AvgIpc) is 2.26. The Morgan fingerprint density at radius 1 is 1.44 bits per heavy atom. The molecular weight excluding hydrogens is 357 g/mol. The molecule has 0 spiro atoms. The standard InChI is InChI=1S/C15H19ClIN/c1-10-5-11(2)7-12(6-10)9-18-15-4-3-13(17)8-14(15)16/h3-5,8,10,12,18H,6-7,9H2,1-2H3. The quantitative estimate of drug-likeness (QED) is 0.555. The minimum Gasteiger partial charge on any atom is -0.384 e. The monoisotopic (exact) mass is 375 g/mol. The first-order valence-electron chi connectivity index (χ1n) is 6.41. The van der Waals surface area contributed by atoms with Gasteiger partial charge in [0.1, 0.15) is 0 Å². The van der Waals surface area contributed by atoms with Crippen molar-refractivity contribution >= 4 is 39.9 Å². The first-order valence-corrected chi connectivity index (χ1v) is 7.86. The Morgan fingerprint density at radius 2 is 2.22 bits per heavy atom. The van der Waals surface area contributed by atoms with Gasteiger partial charge < -0.3 is 5.32 Å². The summed E-state index contributed by atoms with van der Waals surface area (Å²) < 4.78 is 1.17. The second-order valence-corrected chi connectivity index (χ2v) is 6.95. The van der Waals surface area contributed by atoms with Gasteiger partial charge in [-0.15, -0.1) is 0 Å². The highest BCUT2D eigenvalue weighted by atomic mass is 127. The Labute approximate surface area is 128 Å². The van der Waals surface area contributed by atoms with E-state index in [1.807, 2.05) is 6.07 Å². The van der Waals surface area contributed by atoms with Gasteiger partial charge in [-0.3, -0.25) is 0 Å². The number of nitrogens with one attached hydrogen (secondary N) is 1. The summed E-state index contributed by atoms with van der Waals surface area (Å²) in [5.74, 6) is 1.43. The molecule has 0 aliphatic heterocycles. The van der Waals surface area contributed by atoms with Gasteiger partial charge in [-0.05, 0) is 72.4 Å². The largest absolute Gasteiger partial charge is 0.384 e. The van der Waals surface area contributed by atoms with Crippen LogP contribution in [-0.4, -0.2) is 6.54 Å². The van der Waals surface area contributed by atoms with E-state index in [2.05, 4.69) is 60.0 Å². The molecule has 1 nitrogen and oxygen atoms in total. The second kappa shape index (κ2) is 6.29. The van der Waals surface area contributed by atoms with Crippen molar-refractivity contribution in [1.29, 1.82) is 0 Å².